The van der Waals surface area contributed by atoms with Crippen molar-refractivity contribution in [3.05, 3.63) is 47.5 Å². The highest BCUT2D eigenvalue weighted by molar-refractivity contribution is 5.32. The molecule has 5 nitrogen and oxygen atoms in total. The van der Waals surface area contributed by atoms with Crippen LogP contribution < -0.4 is 0 Å². The van der Waals surface area contributed by atoms with E-state index in [2.05, 4.69) is 23.1 Å². The highest BCUT2D eigenvalue weighted by Crippen LogP contribution is 2.17. The fourth-order valence-corrected chi connectivity index (χ4v) is 1.92. The third-order valence-corrected chi connectivity index (χ3v) is 2.93. The van der Waals surface area contributed by atoms with Crippen LogP contribution in [-0.4, -0.2) is 19.9 Å². The summed E-state index contributed by atoms with van der Waals surface area (Å²) in [6, 6.07) is 9.00. The molecule has 2 rings (SSSR count). The van der Waals surface area contributed by atoms with Crippen LogP contribution in [0.1, 0.15) is 36.4 Å². The third-order valence-electron chi connectivity index (χ3n) is 2.93. The summed E-state index contributed by atoms with van der Waals surface area (Å²) in [5.41, 5.74) is 1.37. The van der Waals surface area contributed by atoms with E-state index in [9.17, 15) is 5.11 Å². The molecule has 0 saturated heterocycles. The molecule has 0 aliphatic heterocycles. The molecule has 19 heavy (non-hydrogen) atoms. The monoisotopic (exact) mass is 256 g/mol. The van der Waals surface area contributed by atoms with E-state index in [4.69, 9.17) is 5.26 Å². The van der Waals surface area contributed by atoms with Crippen LogP contribution in [0, 0.1) is 11.3 Å². The Kier molecular flexibility index (Phi) is 4.26. The lowest BCUT2D eigenvalue weighted by atomic mass is 10.0. The zero-order valence-electron chi connectivity index (χ0n) is 10.8. The number of rotatable bonds is 5. The predicted molar refractivity (Wildman–Crippen MR) is 70.1 cm³/mol. The Labute approximate surface area is 112 Å². The van der Waals surface area contributed by atoms with Gasteiger partial charge in [-0.05, 0) is 24.1 Å². The van der Waals surface area contributed by atoms with Crippen molar-refractivity contribution in [2.24, 2.45) is 0 Å². The van der Waals surface area contributed by atoms with Crippen molar-refractivity contribution in [2.75, 3.05) is 0 Å². The molecule has 0 radical (unpaired) electrons. The van der Waals surface area contributed by atoms with Crippen molar-refractivity contribution in [3.8, 4) is 6.07 Å². The zero-order valence-corrected chi connectivity index (χ0v) is 10.8. The van der Waals surface area contributed by atoms with Crippen LogP contribution in [0.4, 0.5) is 0 Å². The summed E-state index contributed by atoms with van der Waals surface area (Å²) < 4.78 is 1.81. The van der Waals surface area contributed by atoms with Crippen LogP contribution in [0.15, 0.2) is 30.6 Å². The van der Waals surface area contributed by atoms with Crippen LogP contribution >= 0.6 is 0 Å². The first-order chi connectivity index (χ1) is 9.24. The van der Waals surface area contributed by atoms with Gasteiger partial charge in [0.15, 0.2) is 0 Å². The lowest BCUT2D eigenvalue weighted by Crippen LogP contribution is -2.10. The lowest BCUT2D eigenvalue weighted by Gasteiger charge is -2.11. The largest absolute Gasteiger partial charge is 0.388 e. The number of aliphatic hydroxyl groups is 1. The van der Waals surface area contributed by atoms with Crippen LogP contribution in [0.5, 0.6) is 0 Å². The van der Waals surface area contributed by atoms with Crippen molar-refractivity contribution in [1.29, 1.82) is 5.26 Å². The Morgan fingerprint density at radius 2 is 2.11 bits per heavy atom. The third kappa shape index (κ3) is 3.18. The first kappa shape index (κ1) is 13.2. The first-order valence-corrected chi connectivity index (χ1v) is 6.29. The van der Waals surface area contributed by atoms with E-state index in [0.29, 0.717) is 12.0 Å². The molecule has 1 heterocycles. The number of aromatic nitrogens is 3. The molecule has 0 aliphatic carbocycles. The quantitative estimate of drug-likeness (QED) is 0.885. The lowest BCUT2D eigenvalue weighted by molar-refractivity contribution is 0.174. The molecule has 1 N–H and O–H groups in total. The van der Waals surface area contributed by atoms with Gasteiger partial charge in [-0.25, -0.2) is 4.98 Å². The van der Waals surface area contributed by atoms with E-state index in [0.717, 1.165) is 24.4 Å². The zero-order chi connectivity index (χ0) is 13.7. The second kappa shape index (κ2) is 6.12. The van der Waals surface area contributed by atoms with Crippen LogP contribution in [0.3, 0.4) is 0 Å². The van der Waals surface area contributed by atoms with Gasteiger partial charge >= 0.3 is 0 Å². The van der Waals surface area contributed by atoms with Crippen LogP contribution in [-0.2, 0) is 13.0 Å². The Balaban J connectivity index is 2.09. The average Bonchev–Trinajstić information content (AvgIpc) is 2.86. The van der Waals surface area contributed by atoms with Gasteiger partial charge in [0.1, 0.15) is 12.2 Å². The van der Waals surface area contributed by atoms with Gasteiger partial charge in [0.05, 0.1) is 17.7 Å². The van der Waals surface area contributed by atoms with Crippen molar-refractivity contribution >= 4 is 0 Å². The molecule has 0 fully saturated rings. The minimum atomic E-state index is -0.632. The fourth-order valence-electron chi connectivity index (χ4n) is 1.92. The minimum Gasteiger partial charge on any atom is -0.388 e. The molecule has 0 aliphatic rings. The predicted octanol–water partition coefficient (Wildman–Crippen LogP) is 1.84. The average molecular weight is 256 g/mol. The number of aryl methyl sites for hydroxylation is 1. The summed E-state index contributed by atoms with van der Waals surface area (Å²) in [6.45, 7) is 2.87. The second-order valence-electron chi connectivity index (χ2n) is 4.35. The van der Waals surface area contributed by atoms with Gasteiger partial charge in [0.2, 0.25) is 0 Å². The number of nitriles is 1. The van der Waals surface area contributed by atoms with Gasteiger partial charge in [0, 0.05) is 13.0 Å². The molecule has 1 aromatic carbocycles. The first-order valence-electron chi connectivity index (χ1n) is 6.29. The van der Waals surface area contributed by atoms with Gasteiger partial charge in [-0.15, -0.1) is 0 Å². The highest BCUT2D eigenvalue weighted by Gasteiger charge is 2.13. The smallest absolute Gasteiger partial charge is 0.138 e. The maximum absolute atomic E-state index is 10.2. The normalized spacial score (nSPS) is 12.1. The maximum atomic E-state index is 10.2. The number of hydrogen-bond acceptors (Lipinski definition) is 4. The van der Waals surface area contributed by atoms with E-state index >= 15 is 0 Å². The SMILES string of the molecule is CCCn1ncnc1CC(O)c1ccc(C#N)cc1. The van der Waals surface area contributed by atoms with Gasteiger partial charge in [0.25, 0.3) is 0 Å². The molecule has 98 valence electrons. The van der Waals surface area contributed by atoms with E-state index in [1.807, 2.05) is 4.68 Å². The molecular weight excluding hydrogens is 240 g/mol. The Morgan fingerprint density at radius 3 is 2.74 bits per heavy atom. The molecule has 1 unspecified atom stereocenters. The Hall–Kier alpha value is -2.19. The fraction of sp³-hybridized carbons (Fsp3) is 0.357. The van der Waals surface area contributed by atoms with Crippen LogP contribution in [0.25, 0.3) is 0 Å². The molecule has 0 spiro atoms. The number of benzene rings is 1. The molecule has 5 heteroatoms. The Bertz CT molecular complexity index is 568. The van der Waals surface area contributed by atoms with E-state index in [-0.39, 0.29) is 0 Å². The summed E-state index contributed by atoms with van der Waals surface area (Å²) >= 11 is 0. The van der Waals surface area contributed by atoms with E-state index in [1.54, 1.807) is 24.3 Å². The van der Waals surface area contributed by atoms with E-state index in [1.165, 1.54) is 6.33 Å². The molecule has 0 amide bonds. The summed E-state index contributed by atoms with van der Waals surface area (Å²) in [5.74, 6) is 0.777. The van der Waals surface area contributed by atoms with Gasteiger partial charge in [-0.3, -0.25) is 4.68 Å². The molecule has 1 atom stereocenters. The molecule has 1 aromatic heterocycles. The second-order valence-corrected chi connectivity index (χ2v) is 4.35. The summed E-state index contributed by atoms with van der Waals surface area (Å²) in [4.78, 5) is 4.17. The van der Waals surface area contributed by atoms with Crippen molar-refractivity contribution < 1.29 is 5.11 Å². The van der Waals surface area contributed by atoms with Crippen molar-refractivity contribution in [3.63, 3.8) is 0 Å². The highest BCUT2D eigenvalue weighted by atomic mass is 16.3. The Morgan fingerprint density at radius 1 is 1.37 bits per heavy atom. The van der Waals surface area contributed by atoms with Crippen molar-refractivity contribution in [1.82, 2.24) is 14.8 Å². The molecular formula is C14H16N4O. The summed E-state index contributed by atoms with van der Waals surface area (Å²) in [5, 5.41) is 23.1. The maximum Gasteiger partial charge on any atom is 0.138 e. The molecule has 0 bridgehead atoms. The molecule has 2 aromatic rings. The number of aliphatic hydroxyl groups excluding tert-OH is 1. The van der Waals surface area contributed by atoms with Crippen LogP contribution in [0.2, 0.25) is 0 Å². The number of nitrogens with zero attached hydrogens (tertiary/aromatic N) is 4. The topological polar surface area (TPSA) is 74.7 Å². The standard InChI is InChI=1S/C14H16N4O/c1-2-7-18-14(16-10-17-18)8-13(19)12-5-3-11(9-15)4-6-12/h3-6,10,13,19H,2,7-8H2,1H3. The number of hydrogen-bond donors (Lipinski definition) is 1. The summed E-state index contributed by atoms with van der Waals surface area (Å²) in [7, 11) is 0. The van der Waals surface area contributed by atoms with Gasteiger partial charge < -0.3 is 5.11 Å². The van der Waals surface area contributed by atoms with Gasteiger partial charge in [-0.2, -0.15) is 10.4 Å². The minimum absolute atomic E-state index is 0.423. The van der Waals surface area contributed by atoms with Crippen molar-refractivity contribution in [2.45, 2.75) is 32.4 Å². The van der Waals surface area contributed by atoms with Gasteiger partial charge in [-0.1, -0.05) is 19.1 Å². The van der Waals surface area contributed by atoms with E-state index < -0.39 is 6.10 Å². The molecule has 0 saturated carbocycles. The summed E-state index contributed by atoms with van der Waals surface area (Å²) in [6.07, 6.45) is 2.28.